The summed E-state index contributed by atoms with van der Waals surface area (Å²) in [4.78, 5) is 25.4. The molecule has 2 aromatic rings. The van der Waals surface area contributed by atoms with Gasteiger partial charge in [-0.05, 0) is 42.0 Å². The highest BCUT2D eigenvalue weighted by Crippen LogP contribution is 2.38. The van der Waals surface area contributed by atoms with Crippen LogP contribution in [0.3, 0.4) is 0 Å². The number of halogens is 2. The lowest BCUT2D eigenvalue weighted by Crippen LogP contribution is -2.27. The monoisotopic (exact) mass is 483 g/mol. The van der Waals surface area contributed by atoms with Gasteiger partial charge in [0, 0.05) is 0 Å². The largest absolute Gasteiger partial charge is 0.493 e. The van der Waals surface area contributed by atoms with Gasteiger partial charge in [0.2, 0.25) is 0 Å². The number of benzene rings is 2. The van der Waals surface area contributed by atoms with E-state index in [0.717, 1.165) is 0 Å². The molecule has 0 bridgehead atoms. The molecule has 1 aliphatic rings. The van der Waals surface area contributed by atoms with Crippen molar-refractivity contribution >= 4 is 75.1 Å². The Hall–Kier alpha value is -2.26. The van der Waals surface area contributed by atoms with E-state index in [-0.39, 0.29) is 18.9 Å². The number of methoxy groups -OCH3 is 1. The summed E-state index contributed by atoms with van der Waals surface area (Å²) in [6.45, 7) is 0.0212. The minimum atomic E-state index is -0.949. The maximum atomic E-state index is 12.9. The number of aliphatic carboxylic acids is 1. The van der Waals surface area contributed by atoms with E-state index in [1.807, 2.05) is 0 Å². The predicted molar refractivity (Wildman–Crippen MR) is 123 cm³/mol. The molecule has 1 heterocycles. The zero-order valence-electron chi connectivity index (χ0n) is 15.6. The van der Waals surface area contributed by atoms with Crippen LogP contribution in [0.2, 0.25) is 10.0 Å². The molecule has 1 fully saturated rings. The number of amides is 1. The first kappa shape index (κ1) is 22.4. The lowest BCUT2D eigenvalue weighted by molar-refractivity contribution is -0.137. The summed E-state index contributed by atoms with van der Waals surface area (Å²) in [5, 5.41) is 9.44. The third-order valence-electron chi connectivity index (χ3n) is 4.01. The Morgan fingerprint density at radius 2 is 1.97 bits per heavy atom. The summed E-state index contributed by atoms with van der Waals surface area (Å²) in [6, 6.07) is 9.96. The van der Waals surface area contributed by atoms with Crippen molar-refractivity contribution in [2.45, 2.75) is 6.42 Å². The first-order valence-electron chi connectivity index (χ1n) is 8.56. The molecular weight excluding hydrogens is 469 g/mol. The van der Waals surface area contributed by atoms with E-state index in [4.69, 9.17) is 50.0 Å². The third kappa shape index (κ3) is 5.07. The van der Waals surface area contributed by atoms with Gasteiger partial charge in [-0.25, -0.2) is 0 Å². The number of carboxylic acid groups (broad SMARTS) is 1. The van der Waals surface area contributed by atoms with E-state index in [0.29, 0.717) is 42.0 Å². The van der Waals surface area contributed by atoms with E-state index in [1.54, 1.807) is 42.5 Å². The Kier molecular flexibility index (Phi) is 7.25. The van der Waals surface area contributed by atoms with Crippen molar-refractivity contribution in [2.24, 2.45) is 0 Å². The van der Waals surface area contributed by atoms with Gasteiger partial charge in [0.25, 0.3) is 5.91 Å². The molecule has 0 saturated carbocycles. The number of carbonyl (C=O) groups excluding carboxylic acids is 1. The van der Waals surface area contributed by atoms with Crippen LogP contribution in [0, 0.1) is 0 Å². The molecule has 0 spiro atoms. The van der Waals surface area contributed by atoms with Crippen LogP contribution >= 0.6 is 47.2 Å². The van der Waals surface area contributed by atoms with E-state index in [1.165, 1.54) is 23.8 Å². The van der Waals surface area contributed by atoms with Gasteiger partial charge < -0.3 is 14.6 Å². The van der Waals surface area contributed by atoms with E-state index >= 15 is 0 Å². The summed E-state index contributed by atoms with van der Waals surface area (Å²) >= 11 is 18.5. The zero-order valence-corrected chi connectivity index (χ0v) is 18.7. The minimum Gasteiger partial charge on any atom is -0.493 e. The Bertz CT molecular complexity index is 1060. The molecule has 30 heavy (non-hydrogen) atoms. The summed E-state index contributed by atoms with van der Waals surface area (Å²) in [5.74, 6) is -0.382. The number of thiocarbonyl (C=S) groups is 1. The van der Waals surface area contributed by atoms with Gasteiger partial charge in [0.15, 0.2) is 15.8 Å². The van der Waals surface area contributed by atoms with Crippen LogP contribution in [0.25, 0.3) is 6.08 Å². The second kappa shape index (κ2) is 9.70. The standard InChI is InChI=1S/C20H15Cl2NO5S2/c1-27-16-8-11(2-5-15(16)28-7-6-18(24)25)9-17-19(26)23(20(29)30-17)12-3-4-13(21)14(22)10-12/h2-5,8-10H,6-7H2,1H3,(H,24,25)/b17-9+. The summed E-state index contributed by atoms with van der Waals surface area (Å²) in [6.07, 6.45) is 1.57. The first-order chi connectivity index (χ1) is 14.3. The number of carbonyl (C=O) groups is 2. The minimum absolute atomic E-state index is 0.0212. The molecule has 1 aliphatic heterocycles. The van der Waals surface area contributed by atoms with Crippen molar-refractivity contribution in [3.63, 3.8) is 0 Å². The van der Waals surface area contributed by atoms with Crippen molar-refractivity contribution in [2.75, 3.05) is 18.6 Å². The highest BCUT2D eigenvalue weighted by molar-refractivity contribution is 8.27. The highest BCUT2D eigenvalue weighted by atomic mass is 35.5. The van der Waals surface area contributed by atoms with Gasteiger partial charge >= 0.3 is 5.97 Å². The van der Waals surface area contributed by atoms with Crippen molar-refractivity contribution in [1.82, 2.24) is 0 Å². The Labute approximate surface area is 192 Å². The van der Waals surface area contributed by atoms with Crippen molar-refractivity contribution in [3.8, 4) is 11.5 Å². The topological polar surface area (TPSA) is 76.1 Å². The average molecular weight is 484 g/mol. The van der Waals surface area contributed by atoms with Crippen LogP contribution in [0.15, 0.2) is 41.3 Å². The fourth-order valence-electron chi connectivity index (χ4n) is 2.61. The highest BCUT2D eigenvalue weighted by Gasteiger charge is 2.33. The van der Waals surface area contributed by atoms with Gasteiger partial charge in [-0.3, -0.25) is 14.5 Å². The maximum absolute atomic E-state index is 12.9. The van der Waals surface area contributed by atoms with Gasteiger partial charge in [-0.2, -0.15) is 0 Å². The van der Waals surface area contributed by atoms with Crippen molar-refractivity contribution in [1.29, 1.82) is 0 Å². The van der Waals surface area contributed by atoms with E-state index in [2.05, 4.69) is 0 Å². The normalized spacial score (nSPS) is 15.0. The molecule has 0 atom stereocenters. The van der Waals surface area contributed by atoms with E-state index in [9.17, 15) is 9.59 Å². The smallest absolute Gasteiger partial charge is 0.306 e. The number of carboxylic acids is 1. The fourth-order valence-corrected chi connectivity index (χ4v) is 4.20. The zero-order chi connectivity index (χ0) is 21.8. The average Bonchev–Trinajstić information content (AvgIpc) is 2.98. The van der Waals surface area contributed by atoms with Crippen LogP contribution in [0.5, 0.6) is 11.5 Å². The molecule has 3 rings (SSSR count). The van der Waals surface area contributed by atoms with Gasteiger partial charge in [-0.15, -0.1) is 0 Å². The lowest BCUT2D eigenvalue weighted by atomic mass is 10.1. The number of hydrogen-bond acceptors (Lipinski definition) is 6. The Balaban J connectivity index is 1.82. The third-order valence-corrected chi connectivity index (χ3v) is 6.06. The summed E-state index contributed by atoms with van der Waals surface area (Å²) in [7, 11) is 1.48. The molecule has 0 unspecified atom stereocenters. The number of rotatable bonds is 7. The molecule has 10 heteroatoms. The van der Waals surface area contributed by atoms with Crippen LogP contribution in [0.1, 0.15) is 12.0 Å². The molecule has 156 valence electrons. The van der Waals surface area contributed by atoms with Gasteiger partial charge in [0.05, 0.1) is 40.8 Å². The molecule has 0 radical (unpaired) electrons. The van der Waals surface area contributed by atoms with Crippen LogP contribution in [0.4, 0.5) is 5.69 Å². The second-order valence-corrected chi connectivity index (χ2v) is 8.51. The first-order valence-corrected chi connectivity index (χ1v) is 10.5. The second-order valence-electron chi connectivity index (χ2n) is 6.02. The fraction of sp³-hybridized carbons (Fsp3) is 0.150. The number of anilines is 1. The quantitative estimate of drug-likeness (QED) is 0.424. The number of nitrogens with zero attached hydrogens (tertiary/aromatic N) is 1. The Morgan fingerprint density at radius 1 is 1.20 bits per heavy atom. The number of thioether (sulfide) groups is 1. The van der Waals surface area contributed by atoms with Gasteiger partial charge in [-0.1, -0.05) is 53.2 Å². The Morgan fingerprint density at radius 3 is 2.63 bits per heavy atom. The van der Waals surface area contributed by atoms with Crippen molar-refractivity contribution < 1.29 is 24.2 Å². The number of hydrogen-bond donors (Lipinski definition) is 1. The molecule has 2 aromatic carbocycles. The molecule has 6 nitrogen and oxygen atoms in total. The molecule has 1 saturated heterocycles. The van der Waals surface area contributed by atoms with E-state index < -0.39 is 5.97 Å². The molecule has 0 aromatic heterocycles. The summed E-state index contributed by atoms with van der Waals surface area (Å²) in [5.41, 5.74) is 1.24. The predicted octanol–water partition coefficient (Wildman–Crippen LogP) is 5.26. The van der Waals surface area contributed by atoms with Crippen LogP contribution in [-0.2, 0) is 9.59 Å². The molecular formula is C20H15Cl2NO5S2. The SMILES string of the molecule is COc1cc(/C=C2/SC(=S)N(c3ccc(Cl)c(Cl)c3)C2=O)ccc1OCCC(=O)O. The van der Waals surface area contributed by atoms with Crippen LogP contribution in [-0.4, -0.2) is 35.0 Å². The number of ether oxygens (including phenoxy) is 2. The molecule has 0 aliphatic carbocycles. The molecule has 1 N–H and O–H groups in total. The van der Waals surface area contributed by atoms with Gasteiger partial charge in [0.1, 0.15) is 0 Å². The maximum Gasteiger partial charge on any atom is 0.306 e. The lowest BCUT2D eigenvalue weighted by Gasteiger charge is -2.15. The van der Waals surface area contributed by atoms with Crippen LogP contribution < -0.4 is 14.4 Å². The molecule has 1 amide bonds. The van der Waals surface area contributed by atoms with Crippen molar-refractivity contribution in [3.05, 3.63) is 56.9 Å². The summed E-state index contributed by atoms with van der Waals surface area (Å²) < 4.78 is 11.1.